The number of amides is 1. The fraction of sp³-hybridized carbons (Fsp3) is 0.235. The number of carbonyl (C=O) groups is 1. The number of carbonyl (C=O) groups excluding carboxylic acids is 1. The van der Waals surface area contributed by atoms with Crippen molar-refractivity contribution in [1.82, 2.24) is 0 Å². The second-order valence-corrected chi connectivity index (χ2v) is 5.83. The summed E-state index contributed by atoms with van der Waals surface area (Å²) in [5, 5.41) is 6.17. The molecule has 110 valence electrons. The lowest BCUT2D eigenvalue weighted by Crippen LogP contribution is -2.13. The molecular formula is C17H19BrN2O. The number of halogens is 1. The molecule has 0 aromatic heterocycles. The van der Waals surface area contributed by atoms with Crippen LogP contribution in [0.1, 0.15) is 28.4 Å². The van der Waals surface area contributed by atoms with Gasteiger partial charge in [-0.1, -0.05) is 22.0 Å². The van der Waals surface area contributed by atoms with Crippen LogP contribution < -0.4 is 10.6 Å². The van der Waals surface area contributed by atoms with Crippen LogP contribution in [-0.4, -0.2) is 12.5 Å². The molecule has 0 aliphatic carbocycles. The number of aryl methyl sites for hydroxylation is 2. The Morgan fingerprint density at radius 2 is 1.76 bits per heavy atom. The highest BCUT2D eigenvalue weighted by Gasteiger charge is 2.10. The minimum absolute atomic E-state index is 0.0914. The summed E-state index contributed by atoms with van der Waals surface area (Å²) in [6, 6.07) is 11.6. The molecule has 1 amide bonds. The smallest absolute Gasteiger partial charge is 0.255 e. The van der Waals surface area contributed by atoms with Crippen LogP contribution in [0.15, 0.2) is 40.9 Å². The SMILES string of the molecule is CCNc1ccc(C(=O)Nc2ccc(C)c(Br)c2)c(C)c1. The van der Waals surface area contributed by atoms with E-state index in [0.29, 0.717) is 5.56 Å². The molecule has 0 saturated carbocycles. The highest BCUT2D eigenvalue weighted by molar-refractivity contribution is 9.10. The van der Waals surface area contributed by atoms with Crippen LogP contribution >= 0.6 is 15.9 Å². The van der Waals surface area contributed by atoms with Crippen molar-refractivity contribution in [2.45, 2.75) is 20.8 Å². The summed E-state index contributed by atoms with van der Waals surface area (Å²) in [6.45, 7) is 6.87. The van der Waals surface area contributed by atoms with Gasteiger partial charge in [-0.25, -0.2) is 0 Å². The molecule has 0 spiro atoms. The molecule has 2 N–H and O–H groups in total. The van der Waals surface area contributed by atoms with Crippen LogP contribution in [0, 0.1) is 13.8 Å². The lowest BCUT2D eigenvalue weighted by atomic mass is 10.1. The van der Waals surface area contributed by atoms with Gasteiger partial charge >= 0.3 is 0 Å². The third-order valence-electron chi connectivity index (χ3n) is 3.28. The molecule has 2 aromatic rings. The molecule has 0 aliphatic heterocycles. The average Bonchev–Trinajstić information content (AvgIpc) is 2.43. The normalized spacial score (nSPS) is 10.3. The minimum atomic E-state index is -0.0914. The topological polar surface area (TPSA) is 41.1 Å². The van der Waals surface area contributed by atoms with E-state index < -0.39 is 0 Å². The number of nitrogens with one attached hydrogen (secondary N) is 2. The minimum Gasteiger partial charge on any atom is -0.385 e. The van der Waals surface area contributed by atoms with Gasteiger partial charge < -0.3 is 10.6 Å². The molecule has 0 saturated heterocycles. The van der Waals surface area contributed by atoms with Gasteiger partial charge in [-0.15, -0.1) is 0 Å². The fourth-order valence-corrected chi connectivity index (χ4v) is 2.48. The van der Waals surface area contributed by atoms with Gasteiger partial charge in [0.25, 0.3) is 5.91 Å². The number of benzene rings is 2. The Morgan fingerprint density at radius 3 is 2.38 bits per heavy atom. The van der Waals surface area contributed by atoms with Crippen LogP contribution in [0.2, 0.25) is 0 Å². The fourth-order valence-electron chi connectivity index (χ4n) is 2.10. The van der Waals surface area contributed by atoms with Crippen molar-refractivity contribution >= 4 is 33.2 Å². The zero-order valence-corrected chi connectivity index (χ0v) is 14.0. The van der Waals surface area contributed by atoms with Gasteiger partial charge in [-0.05, 0) is 62.2 Å². The predicted molar refractivity (Wildman–Crippen MR) is 92.2 cm³/mol. The Labute approximate surface area is 133 Å². The van der Waals surface area contributed by atoms with E-state index >= 15 is 0 Å². The second kappa shape index (κ2) is 6.76. The van der Waals surface area contributed by atoms with Gasteiger partial charge in [-0.3, -0.25) is 4.79 Å². The summed E-state index contributed by atoms with van der Waals surface area (Å²) in [6.07, 6.45) is 0. The molecule has 0 bridgehead atoms. The molecule has 0 unspecified atom stereocenters. The third-order valence-corrected chi connectivity index (χ3v) is 4.14. The van der Waals surface area contributed by atoms with Crippen LogP contribution in [-0.2, 0) is 0 Å². The van der Waals surface area contributed by atoms with E-state index in [1.54, 1.807) is 0 Å². The molecule has 0 heterocycles. The molecule has 2 aromatic carbocycles. The second-order valence-electron chi connectivity index (χ2n) is 4.98. The quantitative estimate of drug-likeness (QED) is 0.838. The van der Waals surface area contributed by atoms with Crippen molar-refractivity contribution in [2.24, 2.45) is 0 Å². The number of rotatable bonds is 4. The van der Waals surface area contributed by atoms with Gasteiger partial charge in [0.2, 0.25) is 0 Å². The maximum Gasteiger partial charge on any atom is 0.255 e. The van der Waals surface area contributed by atoms with Crippen LogP contribution in [0.3, 0.4) is 0 Å². The first-order valence-electron chi connectivity index (χ1n) is 6.93. The van der Waals surface area contributed by atoms with Gasteiger partial charge in [0.15, 0.2) is 0 Å². The van der Waals surface area contributed by atoms with E-state index in [2.05, 4.69) is 26.6 Å². The van der Waals surface area contributed by atoms with E-state index in [1.165, 1.54) is 0 Å². The van der Waals surface area contributed by atoms with E-state index in [9.17, 15) is 4.79 Å². The van der Waals surface area contributed by atoms with E-state index in [4.69, 9.17) is 0 Å². The Hall–Kier alpha value is -1.81. The maximum atomic E-state index is 12.4. The number of anilines is 2. The lowest BCUT2D eigenvalue weighted by molar-refractivity contribution is 0.102. The first kappa shape index (κ1) is 15.6. The molecular weight excluding hydrogens is 328 g/mol. The summed E-state index contributed by atoms with van der Waals surface area (Å²) in [5.41, 5.74) is 4.60. The van der Waals surface area contributed by atoms with Gasteiger partial charge in [-0.2, -0.15) is 0 Å². The molecule has 21 heavy (non-hydrogen) atoms. The summed E-state index contributed by atoms with van der Waals surface area (Å²) < 4.78 is 0.986. The van der Waals surface area contributed by atoms with Crippen molar-refractivity contribution in [3.05, 3.63) is 57.6 Å². The summed E-state index contributed by atoms with van der Waals surface area (Å²) >= 11 is 3.47. The molecule has 0 atom stereocenters. The molecule has 3 nitrogen and oxygen atoms in total. The summed E-state index contributed by atoms with van der Waals surface area (Å²) in [5.74, 6) is -0.0914. The summed E-state index contributed by atoms with van der Waals surface area (Å²) in [7, 11) is 0. The summed E-state index contributed by atoms with van der Waals surface area (Å²) in [4.78, 5) is 12.4. The van der Waals surface area contributed by atoms with Crippen molar-refractivity contribution < 1.29 is 4.79 Å². The predicted octanol–water partition coefficient (Wildman–Crippen LogP) is 4.75. The molecule has 0 radical (unpaired) electrons. The zero-order chi connectivity index (χ0) is 15.4. The van der Waals surface area contributed by atoms with E-state index in [1.807, 2.05) is 57.2 Å². The van der Waals surface area contributed by atoms with E-state index in [-0.39, 0.29) is 5.91 Å². The average molecular weight is 347 g/mol. The Bertz CT molecular complexity index is 668. The largest absolute Gasteiger partial charge is 0.385 e. The first-order chi connectivity index (χ1) is 10.0. The van der Waals surface area contributed by atoms with Crippen molar-refractivity contribution in [3.63, 3.8) is 0 Å². The monoisotopic (exact) mass is 346 g/mol. The molecule has 2 rings (SSSR count). The van der Waals surface area contributed by atoms with Crippen LogP contribution in [0.25, 0.3) is 0 Å². The van der Waals surface area contributed by atoms with Crippen molar-refractivity contribution in [3.8, 4) is 0 Å². The highest BCUT2D eigenvalue weighted by Crippen LogP contribution is 2.22. The third kappa shape index (κ3) is 3.85. The van der Waals surface area contributed by atoms with Crippen molar-refractivity contribution in [1.29, 1.82) is 0 Å². The number of hydrogen-bond acceptors (Lipinski definition) is 2. The van der Waals surface area contributed by atoms with Gasteiger partial charge in [0.05, 0.1) is 0 Å². The lowest BCUT2D eigenvalue weighted by Gasteiger charge is -2.11. The first-order valence-corrected chi connectivity index (χ1v) is 7.72. The van der Waals surface area contributed by atoms with E-state index in [0.717, 1.165) is 33.5 Å². The van der Waals surface area contributed by atoms with Gasteiger partial charge in [0.1, 0.15) is 0 Å². The van der Waals surface area contributed by atoms with Crippen LogP contribution in [0.5, 0.6) is 0 Å². The zero-order valence-electron chi connectivity index (χ0n) is 12.5. The Balaban J connectivity index is 2.18. The van der Waals surface area contributed by atoms with Crippen LogP contribution in [0.4, 0.5) is 11.4 Å². The molecule has 0 fully saturated rings. The van der Waals surface area contributed by atoms with Gasteiger partial charge in [0, 0.05) is 28.0 Å². The molecule has 4 heteroatoms. The standard InChI is InChI=1S/C17H19BrN2O/c1-4-19-13-7-8-15(12(3)9-13)17(21)20-14-6-5-11(2)16(18)10-14/h5-10,19H,4H2,1-3H3,(H,20,21). The number of hydrogen-bond donors (Lipinski definition) is 2. The Kier molecular flexibility index (Phi) is 5.02. The molecule has 0 aliphatic rings. The maximum absolute atomic E-state index is 12.4. The highest BCUT2D eigenvalue weighted by atomic mass is 79.9. The van der Waals surface area contributed by atoms with Crippen molar-refractivity contribution in [2.75, 3.05) is 17.2 Å². The Morgan fingerprint density at radius 1 is 1.05 bits per heavy atom.